The zero-order valence-electron chi connectivity index (χ0n) is 13.1. The molecule has 0 aliphatic rings. The van der Waals surface area contributed by atoms with Crippen LogP contribution in [0.25, 0.3) is 0 Å². The molecule has 0 amide bonds. The lowest BCUT2D eigenvalue weighted by molar-refractivity contribution is -0.144. The molecule has 1 aromatic carbocycles. The van der Waals surface area contributed by atoms with Crippen molar-refractivity contribution in [1.82, 2.24) is 0 Å². The highest BCUT2D eigenvalue weighted by molar-refractivity contribution is 7.86. The van der Waals surface area contributed by atoms with Crippen molar-refractivity contribution in [2.75, 3.05) is 6.61 Å². The van der Waals surface area contributed by atoms with E-state index in [0.29, 0.717) is 0 Å². The van der Waals surface area contributed by atoms with Gasteiger partial charge in [0, 0.05) is 6.92 Å². The molecule has 126 valence electrons. The Bertz CT molecular complexity index is 657. The van der Waals surface area contributed by atoms with Crippen molar-refractivity contribution in [2.45, 2.75) is 43.8 Å². The second kappa shape index (κ2) is 8.67. The van der Waals surface area contributed by atoms with E-state index < -0.39 is 34.9 Å². The van der Waals surface area contributed by atoms with Crippen molar-refractivity contribution >= 4 is 16.1 Å². The van der Waals surface area contributed by atoms with Crippen molar-refractivity contribution in [3.05, 3.63) is 29.8 Å². The molecular formula is C16H20O6S. The van der Waals surface area contributed by atoms with Crippen LogP contribution < -0.4 is 0 Å². The molecule has 2 atom stereocenters. The number of rotatable bonds is 8. The van der Waals surface area contributed by atoms with E-state index >= 15 is 0 Å². The fourth-order valence-corrected chi connectivity index (χ4v) is 2.69. The van der Waals surface area contributed by atoms with Gasteiger partial charge in [-0.25, -0.2) is 0 Å². The maximum absolute atomic E-state index is 12.0. The average molecular weight is 340 g/mol. The van der Waals surface area contributed by atoms with Gasteiger partial charge < -0.3 is 9.84 Å². The number of benzene rings is 1. The molecule has 0 aliphatic heterocycles. The first kappa shape index (κ1) is 19.2. The van der Waals surface area contributed by atoms with Gasteiger partial charge in [-0.15, -0.1) is 6.42 Å². The monoisotopic (exact) mass is 340 g/mol. The second-order valence-electron chi connectivity index (χ2n) is 5.05. The molecule has 7 heteroatoms. The lowest BCUT2D eigenvalue weighted by Gasteiger charge is -2.14. The molecular weight excluding hydrogens is 320 g/mol. The van der Waals surface area contributed by atoms with Gasteiger partial charge in [0.2, 0.25) is 0 Å². The van der Waals surface area contributed by atoms with Gasteiger partial charge in [0.25, 0.3) is 10.1 Å². The summed E-state index contributed by atoms with van der Waals surface area (Å²) >= 11 is 0. The molecule has 1 aromatic rings. The third-order valence-electron chi connectivity index (χ3n) is 2.98. The topological polar surface area (TPSA) is 89.9 Å². The van der Waals surface area contributed by atoms with Crippen LogP contribution in [0.3, 0.4) is 0 Å². The van der Waals surface area contributed by atoms with Crippen LogP contribution >= 0.6 is 0 Å². The minimum Gasteiger partial charge on any atom is -0.449 e. The summed E-state index contributed by atoms with van der Waals surface area (Å²) in [5, 5.41) is 9.78. The van der Waals surface area contributed by atoms with E-state index in [4.69, 9.17) is 15.3 Å². The van der Waals surface area contributed by atoms with Gasteiger partial charge in [0.1, 0.15) is 0 Å². The lowest BCUT2D eigenvalue weighted by atomic mass is 10.1. The van der Waals surface area contributed by atoms with Crippen LogP contribution in [0, 0.1) is 19.3 Å². The predicted molar refractivity (Wildman–Crippen MR) is 83.9 cm³/mol. The molecule has 0 fully saturated rings. The summed E-state index contributed by atoms with van der Waals surface area (Å²) < 4.78 is 33.6. The molecule has 1 N–H and O–H groups in total. The largest absolute Gasteiger partial charge is 0.449 e. The standard InChI is InChI=1S/C16H20O6S/c1-4-15(22-13(3)17)8-7-14(18)11-21-23(19,20)16-9-5-12(2)6-10-16/h1,5-6,9-10,14-15,18H,7-8,11H2,2-3H3. The zero-order chi connectivity index (χ0) is 17.5. The average Bonchev–Trinajstić information content (AvgIpc) is 2.49. The molecule has 0 bridgehead atoms. The highest BCUT2D eigenvalue weighted by Gasteiger charge is 2.18. The smallest absolute Gasteiger partial charge is 0.303 e. The van der Waals surface area contributed by atoms with Crippen molar-refractivity contribution < 1.29 is 27.2 Å². The second-order valence-corrected chi connectivity index (χ2v) is 6.66. The molecule has 0 saturated carbocycles. The maximum Gasteiger partial charge on any atom is 0.303 e. The molecule has 6 nitrogen and oxygen atoms in total. The Labute approximate surface area is 136 Å². The fraction of sp³-hybridized carbons (Fsp3) is 0.438. The van der Waals surface area contributed by atoms with E-state index in [-0.39, 0.29) is 17.7 Å². The number of carbonyl (C=O) groups is 1. The SMILES string of the molecule is C#CC(CCC(O)COS(=O)(=O)c1ccc(C)cc1)OC(C)=O. The van der Waals surface area contributed by atoms with Gasteiger partial charge in [-0.2, -0.15) is 8.42 Å². The summed E-state index contributed by atoms with van der Waals surface area (Å²) in [7, 11) is -3.92. The first-order chi connectivity index (χ1) is 10.7. The summed E-state index contributed by atoms with van der Waals surface area (Å²) in [5.74, 6) is 1.77. The Morgan fingerprint density at radius 3 is 2.43 bits per heavy atom. The van der Waals surface area contributed by atoms with Crippen molar-refractivity contribution in [2.24, 2.45) is 0 Å². The third-order valence-corrected chi connectivity index (χ3v) is 4.28. The van der Waals surface area contributed by atoms with Gasteiger partial charge in [-0.05, 0) is 31.9 Å². The molecule has 0 radical (unpaired) electrons. The Hall–Kier alpha value is -1.88. The van der Waals surface area contributed by atoms with Gasteiger partial charge in [-0.1, -0.05) is 23.6 Å². The van der Waals surface area contributed by atoms with Crippen LogP contribution in [0.15, 0.2) is 29.2 Å². The van der Waals surface area contributed by atoms with E-state index in [0.717, 1.165) is 5.56 Å². The number of terminal acetylenes is 1. The minimum atomic E-state index is -3.92. The lowest BCUT2D eigenvalue weighted by Crippen LogP contribution is -2.22. The molecule has 0 saturated heterocycles. The summed E-state index contributed by atoms with van der Waals surface area (Å²) in [4.78, 5) is 10.8. The number of hydrogen-bond donors (Lipinski definition) is 1. The van der Waals surface area contributed by atoms with E-state index in [1.807, 2.05) is 6.92 Å². The number of esters is 1. The molecule has 23 heavy (non-hydrogen) atoms. The Morgan fingerprint density at radius 1 is 1.30 bits per heavy atom. The van der Waals surface area contributed by atoms with Crippen LogP contribution in [-0.4, -0.2) is 38.3 Å². The molecule has 0 aromatic heterocycles. The summed E-state index contributed by atoms with van der Waals surface area (Å²) in [6.45, 7) is 2.68. The number of hydrogen-bond acceptors (Lipinski definition) is 6. The van der Waals surface area contributed by atoms with Crippen molar-refractivity contribution in [3.8, 4) is 12.3 Å². The van der Waals surface area contributed by atoms with Crippen LogP contribution in [0.5, 0.6) is 0 Å². The van der Waals surface area contributed by atoms with Crippen molar-refractivity contribution in [1.29, 1.82) is 0 Å². The van der Waals surface area contributed by atoms with Gasteiger partial charge >= 0.3 is 5.97 Å². The van der Waals surface area contributed by atoms with Gasteiger partial charge in [0.05, 0.1) is 17.6 Å². The van der Waals surface area contributed by atoms with Crippen LogP contribution in [-0.2, 0) is 23.8 Å². The highest BCUT2D eigenvalue weighted by Crippen LogP contribution is 2.14. The normalized spacial score (nSPS) is 13.8. The molecule has 0 spiro atoms. The first-order valence-electron chi connectivity index (χ1n) is 7.02. The fourth-order valence-electron chi connectivity index (χ4n) is 1.74. The van der Waals surface area contributed by atoms with Gasteiger partial charge in [0.15, 0.2) is 6.10 Å². The quantitative estimate of drug-likeness (QED) is 0.437. The van der Waals surface area contributed by atoms with Crippen LogP contribution in [0.2, 0.25) is 0 Å². The Kier molecular flexibility index (Phi) is 7.23. The first-order valence-corrected chi connectivity index (χ1v) is 8.43. The van der Waals surface area contributed by atoms with E-state index in [2.05, 4.69) is 5.92 Å². The van der Waals surface area contributed by atoms with E-state index in [9.17, 15) is 18.3 Å². The number of aliphatic hydroxyl groups excluding tert-OH is 1. The van der Waals surface area contributed by atoms with Crippen LogP contribution in [0.1, 0.15) is 25.3 Å². The predicted octanol–water partition coefficient (Wildman–Crippen LogP) is 1.41. The zero-order valence-corrected chi connectivity index (χ0v) is 13.9. The van der Waals surface area contributed by atoms with E-state index in [1.165, 1.54) is 19.1 Å². The Morgan fingerprint density at radius 2 is 1.91 bits per heavy atom. The van der Waals surface area contributed by atoms with Gasteiger partial charge in [-0.3, -0.25) is 8.98 Å². The third kappa shape index (κ3) is 6.82. The number of carbonyl (C=O) groups excluding carboxylic acids is 1. The molecule has 0 heterocycles. The van der Waals surface area contributed by atoms with Crippen molar-refractivity contribution in [3.63, 3.8) is 0 Å². The molecule has 1 rings (SSSR count). The molecule has 2 unspecified atom stereocenters. The summed E-state index contributed by atoms with van der Waals surface area (Å²) in [6.07, 6.45) is 3.77. The Balaban J connectivity index is 2.49. The number of aliphatic hydroxyl groups is 1. The summed E-state index contributed by atoms with van der Waals surface area (Å²) in [5.41, 5.74) is 0.926. The maximum atomic E-state index is 12.0. The highest BCUT2D eigenvalue weighted by atomic mass is 32.2. The number of aryl methyl sites for hydroxylation is 1. The van der Waals surface area contributed by atoms with E-state index in [1.54, 1.807) is 12.1 Å². The number of ether oxygens (including phenoxy) is 1. The van der Waals surface area contributed by atoms with Crippen LogP contribution in [0.4, 0.5) is 0 Å². The molecule has 0 aliphatic carbocycles. The minimum absolute atomic E-state index is 0.0247. The summed E-state index contributed by atoms with van der Waals surface area (Å²) in [6, 6.07) is 6.19.